The number of fused-ring (bicyclic) bond motifs is 1. The van der Waals surface area contributed by atoms with E-state index < -0.39 is 5.41 Å². The predicted molar refractivity (Wildman–Crippen MR) is 99.7 cm³/mol. The molecule has 0 fully saturated rings. The number of hydrogen-bond donors (Lipinski definition) is 2. The fourth-order valence-electron chi connectivity index (χ4n) is 2.43. The Hall–Kier alpha value is -3.02. The molecule has 2 aromatic carbocycles. The maximum atomic E-state index is 12.2. The molecule has 26 heavy (non-hydrogen) atoms. The van der Waals surface area contributed by atoms with Gasteiger partial charge in [-0.2, -0.15) is 0 Å². The molecular formula is C20H22N2O4. The molecule has 0 aromatic heterocycles. The van der Waals surface area contributed by atoms with E-state index in [-0.39, 0.29) is 18.4 Å². The summed E-state index contributed by atoms with van der Waals surface area (Å²) in [7, 11) is 0. The van der Waals surface area contributed by atoms with E-state index in [1.54, 1.807) is 18.2 Å². The van der Waals surface area contributed by atoms with Crippen LogP contribution in [0.5, 0.6) is 11.5 Å². The Morgan fingerprint density at radius 2 is 1.96 bits per heavy atom. The predicted octanol–water partition coefficient (Wildman–Crippen LogP) is 3.37. The molecule has 2 aromatic rings. The van der Waals surface area contributed by atoms with Gasteiger partial charge >= 0.3 is 0 Å². The summed E-state index contributed by atoms with van der Waals surface area (Å²) in [5.41, 5.74) is 1.60. The first-order valence-corrected chi connectivity index (χ1v) is 8.41. The average Bonchev–Trinajstić information content (AvgIpc) is 2.71. The minimum Gasteiger partial charge on any atom is -0.490 e. The minimum absolute atomic E-state index is 0.101. The monoisotopic (exact) mass is 354 g/mol. The lowest BCUT2D eigenvalue weighted by Crippen LogP contribution is -2.33. The number of carbonyl (C=O) groups is 2. The van der Waals surface area contributed by atoms with Gasteiger partial charge in [0.05, 0.1) is 11.1 Å². The number of amides is 2. The number of hydrogen-bond acceptors (Lipinski definition) is 4. The van der Waals surface area contributed by atoms with E-state index in [9.17, 15) is 9.59 Å². The molecule has 0 saturated carbocycles. The van der Waals surface area contributed by atoms with Gasteiger partial charge in [-0.15, -0.1) is 0 Å². The highest BCUT2D eigenvalue weighted by Crippen LogP contribution is 2.34. The third kappa shape index (κ3) is 4.14. The number of benzene rings is 2. The number of rotatable bonds is 4. The lowest BCUT2D eigenvalue weighted by atomic mass is 9.94. The van der Waals surface area contributed by atoms with Crippen LogP contribution in [0.1, 0.15) is 19.4 Å². The SMILES string of the molecule is Cc1ccc(OCC(=O)Nc2ccc3c(c2)NC(=O)C(C)(C)CO3)cc1. The Labute approximate surface area is 152 Å². The fourth-order valence-corrected chi connectivity index (χ4v) is 2.43. The second-order valence-corrected chi connectivity index (χ2v) is 6.99. The van der Waals surface area contributed by atoms with Crippen LogP contribution in [-0.4, -0.2) is 25.0 Å². The van der Waals surface area contributed by atoms with Gasteiger partial charge in [-0.1, -0.05) is 17.7 Å². The van der Waals surface area contributed by atoms with E-state index in [4.69, 9.17) is 9.47 Å². The van der Waals surface area contributed by atoms with Crippen LogP contribution >= 0.6 is 0 Å². The third-order valence-electron chi connectivity index (χ3n) is 4.11. The number of ether oxygens (including phenoxy) is 2. The van der Waals surface area contributed by atoms with Gasteiger partial charge in [0.2, 0.25) is 5.91 Å². The van der Waals surface area contributed by atoms with Crippen molar-refractivity contribution >= 4 is 23.2 Å². The minimum atomic E-state index is -0.621. The van der Waals surface area contributed by atoms with Crippen LogP contribution in [-0.2, 0) is 9.59 Å². The molecule has 1 aliphatic heterocycles. The van der Waals surface area contributed by atoms with Crippen molar-refractivity contribution in [1.82, 2.24) is 0 Å². The number of carbonyl (C=O) groups excluding carboxylic acids is 2. The van der Waals surface area contributed by atoms with Gasteiger partial charge in [-0.05, 0) is 51.1 Å². The molecule has 136 valence electrons. The van der Waals surface area contributed by atoms with Crippen LogP contribution in [0.4, 0.5) is 11.4 Å². The molecular weight excluding hydrogens is 332 g/mol. The largest absolute Gasteiger partial charge is 0.490 e. The van der Waals surface area contributed by atoms with Crippen molar-refractivity contribution in [2.45, 2.75) is 20.8 Å². The smallest absolute Gasteiger partial charge is 0.262 e. The summed E-state index contributed by atoms with van der Waals surface area (Å²) in [5, 5.41) is 5.60. The molecule has 3 rings (SSSR count). The van der Waals surface area contributed by atoms with Crippen molar-refractivity contribution in [3.05, 3.63) is 48.0 Å². The summed E-state index contributed by atoms with van der Waals surface area (Å²) in [6, 6.07) is 12.6. The van der Waals surface area contributed by atoms with Gasteiger partial charge in [0.15, 0.2) is 6.61 Å². The molecule has 6 heteroatoms. The Bertz CT molecular complexity index is 828. The van der Waals surface area contributed by atoms with Crippen LogP contribution in [0.15, 0.2) is 42.5 Å². The lowest BCUT2D eigenvalue weighted by molar-refractivity contribution is -0.125. The molecule has 6 nitrogen and oxygen atoms in total. The van der Waals surface area contributed by atoms with Crippen molar-refractivity contribution in [1.29, 1.82) is 0 Å². The molecule has 0 bridgehead atoms. The van der Waals surface area contributed by atoms with E-state index in [0.717, 1.165) is 5.56 Å². The number of aryl methyl sites for hydroxylation is 1. The second-order valence-electron chi connectivity index (χ2n) is 6.99. The van der Waals surface area contributed by atoms with Gasteiger partial charge in [0.1, 0.15) is 18.1 Å². The summed E-state index contributed by atoms with van der Waals surface area (Å²) >= 11 is 0. The van der Waals surface area contributed by atoms with Crippen LogP contribution in [0, 0.1) is 12.3 Å². The van der Waals surface area contributed by atoms with Crippen molar-refractivity contribution in [2.24, 2.45) is 5.41 Å². The summed E-state index contributed by atoms with van der Waals surface area (Å²) in [4.78, 5) is 24.3. The molecule has 1 heterocycles. The molecule has 0 aliphatic carbocycles. The van der Waals surface area contributed by atoms with E-state index in [0.29, 0.717) is 29.5 Å². The van der Waals surface area contributed by atoms with Crippen LogP contribution in [0.25, 0.3) is 0 Å². The van der Waals surface area contributed by atoms with Gasteiger partial charge in [-0.25, -0.2) is 0 Å². The lowest BCUT2D eigenvalue weighted by Gasteiger charge is -2.18. The normalized spacial score (nSPS) is 15.1. The molecule has 2 N–H and O–H groups in total. The first-order valence-electron chi connectivity index (χ1n) is 8.41. The zero-order chi connectivity index (χ0) is 18.7. The summed E-state index contributed by atoms with van der Waals surface area (Å²) in [6.07, 6.45) is 0. The zero-order valence-electron chi connectivity index (χ0n) is 15.1. The highest BCUT2D eigenvalue weighted by molar-refractivity contribution is 5.98. The van der Waals surface area contributed by atoms with E-state index in [2.05, 4.69) is 10.6 Å². The van der Waals surface area contributed by atoms with E-state index in [1.165, 1.54) is 0 Å². The molecule has 0 saturated heterocycles. The van der Waals surface area contributed by atoms with Crippen molar-refractivity contribution < 1.29 is 19.1 Å². The number of anilines is 2. The summed E-state index contributed by atoms with van der Waals surface area (Å²) < 4.78 is 11.2. The van der Waals surface area contributed by atoms with Crippen LogP contribution in [0.2, 0.25) is 0 Å². The quantitative estimate of drug-likeness (QED) is 0.883. The highest BCUT2D eigenvalue weighted by Gasteiger charge is 2.32. The summed E-state index contributed by atoms with van der Waals surface area (Å²) in [5.74, 6) is 0.808. The van der Waals surface area contributed by atoms with Crippen LogP contribution < -0.4 is 20.1 Å². The topological polar surface area (TPSA) is 76.7 Å². The Kier molecular flexibility index (Phi) is 4.84. The van der Waals surface area contributed by atoms with E-state index in [1.807, 2.05) is 45.0 Å². The van der Waals surface area contributed by atoms with Crippen molar-refractivity contribution in [3.63, 3.8) is 0 Å². The number of nitrogens with one attached hydrogen (secondary N) is 2. The maximum Gasteiger partial charge on any atom is 0.262 e. The van der Waals surface area contributed by atoms with Crippen LogP contribution in [0.3, 0.4) is 0 Å². The third-order valence-corrected chi connectivity index (χ3v) is 4.11. The summed E-state index contributed by atoms with van der Waals surface area (Å²) in [6.45, 7) is 5.81. The van der Waals surface area contributed by atoms with Gasteiger partial charge < -0.3 is 20.1 Å². The van der Waals surface area contributed by atoms with Crippen molar-refractivity contribution in [3.8, 4) is 11.5 Å². The van der Waals surface area contributed by atoms with Crippen molar-refractivity contribution in [2.75, 3.05) is 23.8 Å². The Balaban J connectivity index is 1.63. The van der Waals surface area contributed by atoms with E-state index >= 15 is 0 Å². The molecule has 0 unspecified atom stereocenters. The zero-order valence-corrected chi connectivity index (χ0v) is 15.1. The second kappa shape index (κ2) is 7.07. The van der Waals surface area contributed by atoms with Gasteiger partial charge in [-0.3, -0.25) is 9.59 Å². The maximum absolute atomic E-state index is 12.2. The standard InChI is InChI=1S/C20H22N2O4/c1-13-4-7-15(8-5-13)25-11-18(23)21-14-6-9-17-16(10-14)22-19(24)20(2,3)12-26-17/h4-10H,11-12H2,1-3H3,(H,21,23)(H,22,24). The fraction of sp³-hybridized carbons (Fsp3) is 0.300. The molecule has 0 radical (unpaired) electrons. The van der Waals surface area contributed by atoms with Gasteiger partial charge in [0.25, 0.3) is 5.91 Å². The highest BCUT2D eigenvalue weighted by atomic mass is 16.5. The molecule has 0 spiro atoms. The Morgan fingerprint density at radius 3 is 2.69 bits per heavy atom. The molecule has 0 atom stereocenters. The van der Waals surface area contributed by atoms with Gasteiger partial charge in [0, 0.05) is 5.69 Å². The first kappa shape index (κ1) is 17.8. The Morgan fingerprint density at radius 1 is 1.23 bits per heavy atom. The average molecular weight is 354 g/mol. The molecule has 2 amide bonds. The first-order chi connectivity index (χ1) is 12.3. The molecule has 1 aliphatic rings.